The summed E-state index contributed by atoms with van der Waals surface area (Å²) in [6.45, 7) is 0. The molecule has 2 aromatic rings. The predicted octanol–water partition coefficient (Wildman–Crippen LogP) is 0.918. The van der Waals surface area contributed by atoms with E-state index in [0.717, 1.165) is 5.39 Å². The molecule has 0 atom stereocenters. The van der Waals surface area contributed by atoms with Gasteiger partial charge in [-0.15, -0.1) is 0 Å². The van der Waals surface area contributed by atoms with Crippen LogP contribution in [0.1, 0.15) is 5.69 Å². The number of rotatable bonds is 2. The average molecular weight is 231 g/mol. The maximum absolute atomic E-state index is 11.2. The number of aromatic nitrogens is 1. The number of hydroxylamine groups is 1. The van der Waals surface area contributed by atoms with Gasteiger partial charge in [0.15, 0.2) is 5.71 Å². The first kappa shape index (κ1) is 11.0. The summed E-state index contributed by atoms with van der Waals surface area (Å²) in [5.74, 6) is -0.921. The Morgan fingerprint density at radius 1 is 1.24 bits per heavy atom. The zero-order valence-corrected chi connectivity index (χ0v) is 8.66. The van der Waals surface area contributed by atoms with Gasteiger partial charge in [-0.05, 0) is 12.1 Å². The van der Waals surface area contributed by atoms with E-state index >= 15 is 0 Å². The molecule has 1 aromatic carbocycles. The Morgan fingerprint density at radius 2 is 2.00 bits per heavy atom. The van der Waals surface area contributed by atoms with Gasteiger partial charge in [-0.2, -0.15) is 0 Å². The van der Waals surface area contributed by atoms with Crippen molar-refractivity contribution < 1.29 is 15.2 Å². The SMILES string of the molecule is O=C(NO)/C(=N\O)c1ccc2ccccc2n1. The number of hydrogen-bond donors (Lipinski definition) is 3. The van der Waals surface area contributed by atoms with Crippen molar-refractivity contribution in [3.63, 3.8) is 0 Å². The fraction of sp³-hybridized carbons (Fsp3) is 0. The molecule has 3 N–H and O–H groups in total. The molecule has 6 heteroatoms. The summed E-state index contributed by atoms with van der Waals surface area (Å²) < 4.78 is 0. The van der Waals surface area contributed by atoms with Crippen LogP contribution in [-0.4, -0.2) is 27.0 Å². The number of carbonyl (C=O) groups is 1. The summed E-state index contributed by atoms with van der Waals surface area (Å²) in [5, 5.41) is 20.9. The number of oxime groups is 1. The second-order valence-electron chi connectivity index (χ2n) is 3.28. The molecule has 0 radical (unpaired) electrons. The summed E-state index contributed by atoms with van der Waals surface area (Å²) in [4.78, 5) is 15.3. The van der Waals surface area contributed by atoms with Crippen LogP contribution in [-0.2, 0) is 4.79 Å². The maximum atomic E-state index is 11.2. The molecule has 0 aliphatic heterocycles. The number of pyridine rings is 1. The van der Waals surface area contributed by atoms with Crippen molar-refractivity contribution in [1.82, 2.24) is 10.5 Å². The predicted molar refractivity (Wildman–Crippen MR) is 60.0 cm³/mol. The largest absolute Gasteiger partial charge is 0.410 e. The lowest BCUT2D eigenvalue weighted by atomic mass is 10.1. The van der Waals surface area contributed by atoms with Gasteiger partial charge in [0.2, 0.25) is 0 Å². The summed E-state index contributed by atoms with van der Waals surface area (Å²) in [6.07, 6.45) is 0. The van der Waals surface area contributed by atoms with Gasteiger partial charge in [-0.1, -0.05) is 29.4 Å². The van der Waals surface area contributed by atoms with Crippen molar-refractivity contribution in [2.45, 2.75) is 0 Å². The normalized spacial score (nSPS) is 11.5. The summed E-state index contributed by atoms with van der Waals surface area (Å²) in [7, 11) is 0. The Hall–Kier alpha value is -2.47. The molecule has 1 aromatic heterocycles. The molecule has 0 bridgehead atoms. The molecule has 0 aliphatic rings. The van der Waals surface area contributed by atoms with E-state index in [1.807, 2.05) is 12.1 Å². The number of benzene rings is 1. The van der Waals surface area contributed by atoms with E-state index in [9.17, 15) is 4.79 Å². The van der Waals surface area contributed by atoms with E-state index in [0.29, 0.717) is 5.52 Å². The first-order valence-corrected chi connectivity index (χ1v) is 4.79. The van der Waals surface area contributed by atoms with Crippen LogP contribution in [0, 0.1) is 0 Å². The molecule has 0 fully saturated rings. The number of amides is 1. The Balaban J connectivity index is 2.52. The van der Waals surface area contributed by atoms with E-state index in [2.05, 4.69) is 10.1 Å². The molecule has 0 aliphatic carbocycles. The molecule has 0 saturated carbocycles. The zero-order valence-electron chi connectivity index (χ0n) is 8.66. The Morgan fingerprint density at radius 3 is 2.71 bits per heavy atom. The van der Waals surface area contributed by atoms with Crippen molar-refractivity contribution in [1.29, 1.82) is 0 Å². The van der Waals surface area contributed by atoms with Crippen LogP contribution < -0.4 is 5.48 Å². The number of nitrogens with zero attached hydrogens (tertiary/aromatic N) is 2. The van der Waals surface area contributed by atoms with Gasteiger partial charge in [-0.3, -0.25) is 10.0 Å². The maximum Gasteiger partial charge on any atom is 0.298 e. The molecule has 86 valence electrons. The number of carbonyl (C=O) groups excluding carboxylic acids is 1. The van der Waals surface area contributed by atoms with Crippen LogP contribution in [0.3, 0.4) is 0 Å². The molecular weight excluding hydrogens is 222 g/mol. The molecule has 0 unspecified atom stereocenters. The number of nitrogens with one attached hydrogen (secondary N) is 1. The van der Waals surface area contributed by atoms with Crippen molar-refractivity contribution in [3.05, 3.63) is 42.1 Å². The van der Waals surface area contributed by atoms with Crippen LogP contribution in [0.15, 0.2) is 41.6 Å². The highest BCUT2D eigenvalue weighted by Gasteiger charge is 2.15. The number of fused-ring (bicyclic) bond motifs is 1. The van der Waals surface area contributed by atoms with Gasteiger partial charge < -0.3 is 5.21 Å². The highest BCUT2D eigenvalue weighted by Crippen LogP contribution is 2.12. The van der Waals surface area contributed by atoms with Crippen LogP contribution in [0.4, 0.5) is 0 Å². The quantitative estimate of drug-likeness (QED) is 0.310. The first-order valence-electron chi connectivity index (χ1n) is 4.79. The Bertz CT molecular complexity index is 595. The minimum absolute atomic E-state index is 0.178. The van der Waals surface area contributed by atoms with Crippen molar-refractivity contribution in [2.24, 2.45) is 5.16 Å². The third kappa shape index (κ3) is 2.06. The van der Waals surface area contributed by atoms with E-state index in [-0.39, 0.29) is 11.4 Å². The summed E-state index contributed by atoms with van der Waals surface area (Å²) >= 11 is 0. The van der Waals surface area contributed by atoms with E-state index in [1.165, 1.54) is 11.5 Å². The molecule has 1 heterocycles. The molecule has 1 amide bonds. The third-order valence-electron chi connectivity index (χ3n) is 2.26. The lowest BCUT2D eigenvalue weighted by Crippen LogP contribution is -2.29. The standard InChI is InChI=1S/C11H9N3O3/c15-11(14-17)10(13-16)9-6-5-7-3-1-2-4-8(7)12-9/h1-6,16-17H,(H,14,15)/b13-10-. The second kappa shape index (κ2) is 4.58. The van der Waals surface area contributed by atoms with Crippen molar-refractivity contribution in [2.75, 3.05) is 0 Å². The summed E-state index contributed by atoms with van der Waals surface area (Å²) in [6, 6.07) is 10.6. The Kier molecular flexibility index (Phi) is 2.97. The highest BCUT2D eigenvalue weighted by molar-refractivity contribution is 6.44. The van der Waals surface area contributed by atoms with Gasteiger partial charge in [0, 0.05) is 5.39 Å². The van der Waals surface area contributed by atoms with E-state index in [1.54, 1.807) is 18.2 Å². The minimum Gasteiger partial charge on any atom is -0.410 e. The lowest BCUT2D eigenvalue weighted by molar-refractivity contribution is -0.122. The topological polar surface area (TPSA) is 94.8 Å². The van der Waals surface area contributed by atoms with Gasteiger partial charge in [0.1, 0.15) is 0 Å². The van der Waals surface area contributed by atoms with Crippen molar-refractivity contribution >= 4 is 22.5 Å². The van der Waals surface area contributed by atoms with Crippen LogP contribution >= 0.6 is 0 Å². The number of para-hydroxylation sites is 1. The zero-order chi connectivity index (χ0) is 12.3. The minimum atomic E-state index is -0.921. The molecule has 2 rings (SSSR count). The van der Waals surface area contributed by atoms with E-state index in [4.69, 9.17) is 10.4 Å². The smallest absolute Gasteiger partial charge is 0.298 e. The molecule has 6 nitrogen and oxygen atoms in total. The molecular formula is C11H9N3O3. The fourth-order valence-corrected chi connectivity index (χ4v) is 1.46. The van der Waals surface area contributed by atoms with E-state index < -0.39 is 5.91 Å². The second-order valence-corrected chi connectivity index (χ2v) is 3.28. The van der Waals surface area contributed by atoms with Crippen LogP contribution in [0.25, 0.3) is 10.9 Å². The average Bonchev–Trinajstić information content (AvgIpc) is 2.39. The first-order chi connectivity index (χ1) is 8.26. The van der Waals surface area contributed by atoms with Gasteiger partial charge >= 0.3 is 0 Å². The van der Waals surface area contributed by atoms with Crippen molar-refractivity contribution in [3.8, 4) is 0 Å². The number of hydrogen-bond acceptors (Lipinski definition) is 5. The van der Waals surface area contributed by atoms with Crippen LogP contribution in [0.2, 0.25) is 0 Å². The van der Waals surface area contributed by atoms with Gasteiger partial charge in [0.25, 0.3) is 5.91 Å². The lowest BCUT2D eigenvalue weighted by Gasteiger charge is -2.03. The monoisotopic (exact) mass is 231 g/mol. The fourth-order valence-electron chi connectivity index (χ4n) is 1.46. The molecule has 17 heavy (non-hydrogen) atoms. The van der Waals surface area contributed by atoms with Crippen LogP contribution in [0.5, 0.6) is 0 Å². The highest BCUT2D eigenvalue weighted by atomic mass is 16.5. The van der Waals surface area contributed by atoms with Gasteiger partial charge in [-0.25, -0.2) is 10.5 Å². The summed E-state index contributed by atoms with van der Waals surface area (Å²) in [5.41, 5.74) is 1.89. The van der Waals surface area contributed by atoms with Gasteiger partial charge in [0.05, 0.1) is 11.2 Å². The molecule has 0 saturated heterocycles. The Labute approximate surface area is 96.2 Å². The third-order valence-corrected chi connectivity index (χ3v) is 2.26. The molecule has 0 spiro atoms.